The number of nitrogens with one attached hydrogen (secondary N) is 3. The molecular weight excluding hydrogens is 677 g/mol. The molecule has 15 nitrogen and oxygen atoms in total. The van der Waals surface area contributed by atoms with Crippen molar-refractivity contribution >= 4 is 69.2 Å². The quantitative estimate of drug-likeness (QED) is 0.0374. The lowest BCUT2D eigenvalue weighted by Gasteiger charge is -2.31. The molecule has 3 rings (SSSR count). The van der Waals surface area contributed by atoms with E-state index in [0.29, 0.717) is 26.7 Å². The summed E-state index contributed by atoms with van der Waals surface area (Å²) in [6.45, 7) is 3.01. The van der Waals surface area contributed by atoms with Gasteiger partial charge >= 0.3 is 11.9 Å². The molecule has 0 bridgehead atoms. The summed E-state index contributed by atoms with van der Waals surface area (Å²) in [5.41, 5.74) is 1.51. The van der Waals surface area contributed by atoms with Crippen LogP contribution in [0.5, 0.6) is 11.5 Å². The maximum absolute atomic E-state index is 13.0. The van der Waals surface area contributed by atoms with Gasteiger partial charge in [-0.25, -0.2) is 22.1 Å². The zero-order chi connectivity index (χ0) is 37.6. The molecule has 3 aromatic rings. The number of carboxylic acids is 2. The van der Waals surface area contributed by atoms with Crippen LogP contribution in [0, 0.1) is 0 Å². The average molecular weight is 720 g/mol. The molecule has 0 aliphatic heterocycles. The summed E-state index contributed by atoms with van der Waals surface area (Å²) in [4.78, 5) is 62.4. The van der Waals surface area contributed by atoms with Crippen molar-refractivity contribution in [2.75, 3.05) is 0 Å². The minimum Gasteiger partial charge on any atom is -0.508 e. The Hall–Kier alpha value is -4.93. The van der Waals surface area contributed by atoms with E-state index in [1.165, 1.54) is 24.3 Å². The number of rotatable bonds is 21. The highest BCUT2D eigenvalue weighted by Crippen LogP contribution is 2.37. The number of hydrogen-bond donors (Lipinski definition) is 8. The first kappa shape index (κ1) is 40.5. The number of carboxylic acid groups (broad SMARTS) is 2. The molecule has 1 aromatic heterocycles. The lowest BCUT2D eigenvalue weighted by atomic mass is 9.49. The van der Waals surface area contributed by atoms with E-state index in [2.05, 4.69) is 38.7 Å². The van der Waals surface area contributed by atoms with Crippen LogP contribution in [0.4, 0.5) is 0 Å². The second-order valence-corrected chi connectivity index (χ2v) is 12.9. The molecular formula is C32H43B3N6O9S. The number of aromatic nitrogens is 3. The van der Waals surface area contributed by atoms with E-state index in [9.17, 15) is 44.4 Å². The molecule has 51 heavy (non-hydrogen) atoms. The van der Waals surface area contributed by atoms with Gasteiger partial charge in [-0.2, -0.15) is 0 Å². The number of aryl methyl sites for hydroxylation is 1. The predicted octanol–water partition coefficient (Wildman–Crippen LogP) is -1.10. The minimum absolute atomic E-state index is 0.0537. The van der Waals surface area contributed by atoms with Crippen molar-refractivity contribution in [1.82, 2.24) is 30.9 Å². The number of nitrogens with zero attached hydrogens (tertiary/aromatic N) is 3. The number of unbranched alkanes of at least 4 members (excludes halogenated alkanes) is 1. The topological polar surface area (TPSA) is 233 Å². The van der Waals surface area contributed by atoms with E-state index in [-0.39, 0.29) is 30.3 Å². The Balaban J connectivity index is 1.53. The van der Waals surface area contributed by atoms with Crippen molar-refractivity contribution in [2.45, 2.75) is 81.9 Å². The number of aliphatic carboxylic acids is 2. The van der Waals surface area contributed by atoms with Crippen LogP contribution in [0.2, 0.25) is 0 Å². The van der Waals surface area contributed by atoms with Gasteiger partial charge in [-0.1, -0.05) is 42.8 Å². The average Bonchev–Trinajstić information content (AvgIpc) is 3.56. The Morgan fingerprint density at radius 3 is 1.82 bits per heavy atom. The van der Waals surface area contributed by atoms with E-state index < -0.39 is 60.0 Å². The lowest BCUT2D eigenvalue weighted by Crippen LogP contribution is -2.49. The van der Waals surface area contributed by atoms with E-state index >= 15 is 0 Å². The van der Waals surface area contributed by atoms with Crippen LogP contribution in [-0.2, 0) is 35.9 Å². The standard InChI is InChI=1S/C32H43B3N6O9S/c1-32(19-5-9-21(42)10-6-19,20-7-11-22(43)12-8-20)14-13-27(44)36-23(30(47)48)16-28(45)37-24(31(49)50)17-29(46)38-25(34-33)4-2-3-15-41-18-26(35-51)39-40-41/h5-12,18,23-25,34-35,42-43,51H,2-4,13-17,33H2,1H3,(H,36,44)(H,37,45)(H,38,46)(H,47,48)(H,49,50)/t23-,24-,25-/m0/s1. The molecule has 3 amide bonds. The molecule has 0 aliphatic carbocycles. The summed E-state index contributed by atoms with van der Waals surface area (Å²) in [5.74, 6) is -5.31. The summed E-state index contributed by atoms with van der Waals surface area (Å²) >= 11 is 4.17. The number of amides is 3. The number of thiol groups is 1. The van der Waals surface area contributed by atoms with Crippen molar-refractivity contribution in [3.63, 3.8) is 0 Å². The monoisotopic (exact) mass is 720 g/mol. The molecule has 3 atom stereocenters. The van der Waals surface area contributed by atoms with Gasteiger partial charge in [0.25, 0.3) is 0 Å². The number of phenols is 2. The lowest BCUT2D eigenvalue weighted by molar-refractivity contribution is -0.145. The number of phenolic OH excluding ortho intramolecular Hbond substituents is 2. The van der Waals surface area contributed by atoms with E-state index in [0.717, 1.165) is 29.6 Å². The van der Waals surface area contributed by atoms with Gasteiger partial charge in [-0.05, 0) is 60.6 Å². The normalized spacial score (nSPS) is 12.9. The maximum atomic E-state index is 13.0. The van der Waals surface area contributed by atoms with Crippen molar-refractivity contribution in [3.8, 4) is 11.5 Å². The maximum Gasteiger partial charge on any atom is 0.326 e. The van der Waals surface area contributed by atoms with Crippen LogP contribution in [0.3, 0.4) is 0 Å². The Morgan fingerprint density at radius 1 is 0.843 bits per heavy atom. The minimum atomic E-state index is -1.67. The molecule has 0 unspecified atom stereocenters. The van der Waals surface area contributed by atoms with E-state index in [1.54, 1.807) is 28.9 Å². The fraction of sp³-hybridized carbons (Fsp3) is 0.406. The van der Waals surface area contributed by atoms with Crippen molar-refractivity contribution in [2.24, 2.45) is 0 Å². The SMILES string of the molecule is BB[C@H](CCCCn1cc(BS)nn1)NC(=O)C[C@H](NC(=O)C[C@H](NC(=O)CCC(C)(c1ccc(O)cc1)c1ccc(O)cc1)C(=O)O)C(=O)O. The predicted molar refractivity (Wildman–Crippen MR) is 198 cm³/mol. The molecule has 0 fully saturated rings. The smallest absolute Gasteiger partial charge is 0.326 e. The molecule has 0 spiro atoms. The first-order valence-corrected chi connectivity index (χ1v) is 17.3. The largest absolute Gasteiger partial charge is 0.508 e. The van der Waals surface area contributed by atoms with Gasteiger partial charge in [-0.3, -0.25) is 19.1 Å². The Morgan fingerprint density at radius 2 is 1.35 bits per heavy atom. The fourth-order valence-electron chi connectivity index (χ4n) is 5.62. The second kappa shape index (κ2) is 19.5. The summed E-state index contributed by atoms with van der Waals surface area (Å²) in [6.07, 6.45) is 2.72. The molecule has 2 aromatic carbocycles. The molecule has 0 saturated carbocycles. The Kier molecular flexibility index (Phi) is 15.5. The summed E-state index contributed by atoms with van der Waals surface area (Å²) in [5, 5.41) is 54.3. The van der Waals surface area contributed by atoms with Crippen LogP contribution in [-0.4, -0.2) is 105 Å². The van der Waals surface area contributed by atoms with Crippen LogP contribution >= 0.6 is 12.5 Å². The molecule has 19 heteroatoms. The van der Waals surface area contributed by atoms with Gasteiger partial charge < -0.3 is 36.4 Å². The second-order valence-electron chi connectivity index (χ2n) is 12.6. The Labute approximate surface area is 303 Å². The van der Waals surface area contributed by atoms with Crippen LogP contribution < -0.4 is 21.5 Å². The third kappa shape index (κ3) is 12.7. The molecule has 270 valence electrons. The molecule has 0 aliphatic rings. The van der Waals surface area contributed by atoms with Crippen LogP contribution in [0.25, 0.3) is 0 Å². The van der Waals surface area contributed by atoms with Crippen molar-refractivity contribution in [1.29, 1.82) is 0 Å². The third-order valence-corrected chi connectivity index (χ3v) is 9.03. The number of carbonyl (C=O) groups is 5. The molecule has 1 heterocycles. The van der Waals surface area contributed by atoms with Gasteiger partial charge in [0.1, 0.15) is 30.8 Å². The number of aromatic hydroxyl groups is 2. The molecule has 0 radical (unpaired) electrons. The zero-order valence-corrected chi connectivity index (χ0v) is 29.5. The summed E-state index contributed by atoms with van der Waals surface area (Å²) in [6, 6.07) is 9.55. The van der Waals surface area contributed by atoms with Gasteiger partial charge in [0.2, 0.25) is 24.3 Å². The zero-order valence-electron chi connectivity index (χ0n) is 28.6. The fourth-order valence-corrected chi connectivity index (χ4v) is 5.76. The first-order valence-electron chi connectivity index (χ1n) is 16.7. The van der Waals surface area contributed by atoms with Crippen LogP contribution in [0.1, 0.15) is 63.0 Å². The van der Waals surface area contributed by atoms with Crippen molar-refractivity contribution in [3.05, 3.63) is 65.9 Å². The summed E-state index contributed by atoms with van der Waals surface area (Å²) < 4.78 is 1.72. The summed E-state index contributed by atoms with van der Waals surface area (Å²) in [7, 11) is 2.49. The van der Waals surface area contributed by atoms with Crippen molar-refractivity contribution < 1.29 is 44.4 Å². The third-order valence-electron chi connectivity index (χ3n) is 8.70. The van der Waals surface area contributed by atoms with Gasteiger partial charge in [0.05, 0.1) is 26.2 Å². The van der Waals surface area contributed by atoms with Gasteiger partial charge in [-0.15, -0.1) is 5.10 Å². The van der Waals surface area contributed by atoms with Gasteiger partial charge in [0, 0.05) is 24.6 Å². The highest BCUT2D eigenvalue weighted by molar-refractivity contribution is 8.08. The number of benzene rings is 2. The number of hydrogen-bond acceptors (Lipinski definition) is 10. The van der Waals surface area contributed by atoms with Crippen LogP contribution in [0.15, 0.2) is 54.7 Å². The first-order chi connectivity index (χ1) is 24.2. The highest BCUT2D eigenvalue weighted by Gasteiger charge is 2.32. The molecule has 7 N–H and O–H groups in total. The highest BCUT2D eigenvalue weighted by atomic mass is 32.1. The van der Waals surface area contributed by atoms with E-state index in [4.69, 9.17) is 0 Å². The van der Waals surface area contributed by atoms with Gasteiger partial charge in [0.15, 0.2) is 0 Å². The molecule has 0 saturated heterocycles. The Bertz CT molecular complexity index is 1600. The van der Waals surface area contributed by atoms with E-state index in [1.807, 2.05) is 20.9 Å². The number of carbonyl (C=O) groups excluding carboxylic acids is 3.